The Bertz CT molecular complexity index is 481. The molecule has 2 N–H and O–H groups in total. The van der Waals surface area contributed by atoms with Crippen molar-refractivity contribution in [1.82, 2.24) is 5.32 Å². The molecule has 1 heterocycles. The molecule has 0 unspecified atom stereocenters. The first kappa shape index (κ1) is 13.3. The van der Waals surface area contributed by atoms with Crippen molar-refractivity contribution in [2.45, 2.75) is 51.0 Å². The first-order valence-electron chi connectivity index (χ1n) is 7.65. The highest BCUT2D eigenvalue weighted by molar-refractivity contribution is 5.91. The third kappa shape index (κ3) is 3.06. The number of carbonyl (C=O) groups excluding carboxylic acids is 1. The molecule has 1 saturated carbocycles. The molecule has 4 heteroatoms. The van der Waals surface area contributed by atoms with E-state index in [1.54, 1.807) is 0 Å². The lowest BCUT2D eigenvalue weighted by atomic mass is 9.96. The topological polar surface area (TPSA) is 50.4 Å². The van der Waals surface area contributed by atoms with Crippen LogP contribution in [0.5, 0.6) is 5.75 Å². The molecule has 108 valence electrons. The Labute approximate surface area is 119 Å². The molecule has 0 bridgehead atoms. The van der Waals surface area contributed by atoms with Gasteiger partial charge in [-0.2, -0.15) is 0 Å². The smallest absolute Gasteiger partial charge is 0.319 e. The number of urea groups is 1. The van der Waals surface area contributed by atoms with E-state index in [9.17, 15) is 4.79 Å². The molecule has 4 nitrogen and oxygen atoms in total. The Morgan fingerprint density at radius 3 is 2.85 bits per heavy atom. The predicted octanol–water partition coefficient (Wildman–Crippen LogP) is 3.47. The monoisotopic (exact) mass is 274 g/mol. The number of rotatable bonds is 2. The summed E-state index contributed by atoms with van der Waals surface area (Å²) in [6.45, 7) is 0.732. The zero-order valence-electron chi connectivity index (χ0n) is 11.8. The summed E-state index contributed by atoms with van der Waals surface area (Å²) in [6.07, 6.45) is 7.98. The number of nitrogens with one attached hydrogen (secondary N) is 2. The highest BCUT2D eigenvalue weighted by atomic mass is 16.5. The zero-order chi connectivity index (χ0) is 13.8. The van der Waals surface area contributed by atoms with Gasteiger partial charge < -0.3 is 15.4 Å². The zero-order valence-corrected chi connectivity index (χ0v) is 11.8. The van der Waals surface area contributed by atoms with Crippen LogP contribution in [0.3, 0.4) is 0 Å². The molecule has 0 atom stereocenters. The fourth-order valence-electron chi connectivity index (χ4n) is 3.08. The molecule has 0 aromatic heterocycles. The summed E-state index contributed by atoms with van der Waals surface area (Å²) < 4.78 is 5.70. The first-order chi connectivity index (χ1) is 9.83. The maximum absolute atomic E-state index is 12.1. The second-order valence-corrected chi connectivity index (χ2v) is 5.68. The van der Waals surface area contributed by atoms with Gasteiger partial charge in [-0.25, -0.2) is 4.79 Å². The van der Waals surface area contributed by atoms with Crippen molar-refractivity contribution < 1.29 is 9.53 Å². The standard InChI is InChI=1S/C16H22N2O2/c19-16(17-13-8-2-1-3-9-13)18-14-10-4-6-12-7-5-11-20-15(12)14/h4,6,10,13H,1-3,5,7-9,11H2,(H2,17,18,19). The minimum Gasteiger partial charge on any atom is -0.491 e. The number of hydrogen-bond acceptors (Lipinski definition) is 2. The number of para-hydroxylation sites is 1. The van der Waals surface area contributed by atoms with Crippen LogP contribution < -0.4 is 15.4 Å². The predicted molar refractivity (Wildman–Crippen MR) is 79.3 cm³/mol. The number of hydrogen-bond donors (Lipinski definition) is 2. The Hall–Kier alpha value is -1.71. The fourth-order valence-corrected chi connectivity index (χ4v) is 3.08. The van der Waals surface area contributed by atoms with E-state index in [1.165, 1.54) is 24.8 Å². The van der Waals surface area contributed by atoms with E-state index >= 15 is 0 Å². The number of amides is 2. The summed E-state index contributed by atoms with van der Waals surface area (Å²) in [4.78, 5) is 12.1. The molecule has 1 aliphatic heterocycles. The maximum atomic E-state index is 12.1. The molecular formula is C16H22N2O2. The van der Waals surface area contributed by atoms with Crippen LogP contribution in [-0.2, 0) is 6.42 Å². The van der Waals surface area contributed by atoms with Crippen molar-refractivity contribution in [2.24, 2.45) is 0 Å². The Kier molecular flexibility index (Phi) is 4.09. The van der Waals surface area contributed by atoms with Gasteiger partial charge in [-0.15, -0.1) is 0 Å². The number of carbonyl (C=O) groups is 1. The van der Waals surface area contributed by atoms with Crippen molar-refractivity contribution in [3.05, 3.63) is 23.8 Å². The van der Waals surface area contributed by atoms with Crippen LogP contribution in [-0.4, -0.2) is 18.7 Å². The van der Waals surface area contributed by atoms with Crippen molar-refractivity contribution in [3.63, 3.8) is 0 Å². The number of fused-ring (bicyclic) bond motifs is 1. The molecular weight excluding hydrogens is 252 g/mol. The fraction of sp³-hybridized carbons (Fsp3) is 0.562. The molecule has 3 rings (SSSR count). The molecule has 0 radical (unpaired) electrons. The van der Waals surface area contributed by atoms with Crippen LogP contribution in [0, 0.1) is 0 Å². The summed E-state index contributed by atoms with van der Waals surface area (Å²) in [7, 11) is 0. The van der Waals surface area contributed by atoms with Gasteiger partial charge >= 0.3 is 6.03 Å². The summed E-state index contributed by atoms with van der Waals surface area (Å²) in [5.74, 6) is 0.845. The van der Waals surface area contributed by atoms with E-state index in [1.807, 2.05) is 12.1 Å². The van der Waals surface area contributed by atoms with Crippen molar-refractivity contribution in [2.75, 3.05) is 11.9 Å². The average molecular weight is 274 g/mol. The Morgan fingerprint density at radius 2 is 2.00 bits per heavy atom. The summed E-state index contributed by atoms with van der Waals surface area (Å²) in [5.41, 5.74) is 1.97. The largest absolute Gasteiger partial charge is 0.491 e. The van der Waals surface area contributed by atoms with E-state index in [0.29, 0.717) is 6.04 Å². The quantitative estimate of drug-likeness (QED) is 0.867. The molecule has 1 aromatic rings. The van der Waals surface area contributed by atoms with Gasteiger partial charge in [0.25, 0.3) is 0 Å². The van der Waals surface area contributed by atoms with E-state index in [0.717, 1.165) is 43.7 Å². The molecule has 1 fully saturated rings. The van der Waals surface area contributed by atoms with Gasteiger partial charge in [0, 0.05) is 6.04 Å². The molecule has 0 saturated heterocycles. The first-order valence-corrected chi connectivity index (χ1v) is 7.65. The van der Waals surface area contributed by atoms with Crippen LogP contribution in [0.1, 0.15) is 44.1 Å². The number of aryl methyl sites for hydroxylation is 1. The molecule has 1 aliphatic carbocycles. The minimum absolute atomic E-state index is 0.112. The van der Waals surface area contributed by atoms with Gasteiger partial charge in [0.1, 0.15) is 5.75 Å². The average Bonchev–Trinajstić information content (AvgIpc) is 2.48. The van der Waals surface area contributed by atoms with Gasteiger partial charge in [0.2, 0.25) is 0 Å². The van der Waals surface area contributed by atoms with Crippen LogP contribution in [0.25, 0.3) is 0 Å². The molecule has 2 amide bonds. The second-order valence-electron chi connectivity index (χ2n) is 5.68. The third-order valence-electron chi connectivity index (χ3n) is 4.12. The normalized spacial score (nSPS) is 18.8. The van der Waals surface area contributed by atoms with Gasteiger partial charge in [0.15, 0.2) is 0 Å². The van der Waals surface area contributed by atoms with Crippen LogP contribution >= 0.6 is 0 Å². The van der Waals surface area contributed by atoms with Gasteiger partial charge in [0.05, 0.1) is 12.3 Å². The molecule has 0 spiro atoms. The van der Waals surface area contributed by atoms with E-state index < -0.39 is 0 Å². The van der Waals surface area contributed by atoms with Crippen molar-refractivity contribution in [3.8, 4) is 5.75 Å². The highest BCUT2D eigenvalue weighted by Crippen LogP contribution is 2.32. The van der Waals surface area contributed by atoms with Gasteiger partial charge in [-0.1, -0.05) is 31.4 Å². The van der Waals surface area contributed by atoms with Crippen LogP contribution in [0.15, 0.2) is 18.2 Å². The Morgan fingerprint density at radius 1 is 1.15 bits per heavy atom. The summed E-state index contributed by atoms with van der Waals surface area (Å²) in [6, 6.07) is 6.16. The second kappa shape index (κ2) is 6.16. The highest BCUT2D eigenvalue weighted by Gasteiger charge is 2.18. The van der Waals surface area contributed by atoms with Crippen LogP contribution in [0.4, 0.5) is 10.5 Å². The van der Waals surface area contributed by atoms with E-state index in [4.69, 9.17) is 4.74 Å². The van der Waals surface area contributed by atoms with Crippen molar-refractivity contribution in [1.29, 1.82) is 0 Å². The van der Waals surface area contributed by atoms with Gasteiger partial charge in [-0.05, 0) is 37.3 Å². The van der Waals surface area contributed by atoms with Crippen LogP contribution in [0.2, 0.25) is 0 Å². The number of ether oxygens (including phenoxy) is 1. The maximum Gasteiger partial charge on any atom is 0.319 e. The molecule has 2 aliphatic rings. The van der Waals surface area contributed by atoms with E-state index in [-0.39, 0.29) is 6.03 Å². The third-order valence-corrected chi connectivity index (χ3v) is 4.12. The minimum atomic E-state index is -0.112. The lowest BCUT2D eigenvalue weighted by molar-refractivity contribution is 0.243. The molecule has 1 aromatic carbocycles. The van der Waals surface area contributed by atoms with E-state index in [2.05, 4.69) is 16.7 Å². The lowest BCUT2D eigenvalue weighted by Gasteiger charge is -2.24. The number of benzene rings is 1. The van der Waals surface area contributed by atoms with Gasteiger partial charge in [-0.3, -0.25) is 0 Å². The lowest BCUT2D eigenvalue weighted by Crippen LogP contribution is -2.39. The summed E-state index contributed by atoms with van der Waals surface area (Å²) >= 11 is 0. The van der Waals surface area contributed by atoms with Crippen molar-refractivity contribution >= 4 is 11.7 Å². The SMILES string of the molecule is O=C(Nc1cccc2c1OCCC2)NC1CCCCC1. The molecule has 20 heavy (non-hydrogen) atoms. The summed E-state index contributed by atoms with van der Waals surface area (Å²) in [5, 5.41) is 6.01. The number of anilines is 1. The Balaban J connectivity index is 1.63.